The van der Waals surface area contributed by atoms with E-state index in [1.54, 1.807) is 0 Å². The molecule has 0 fully saturated rings. The number of ether oxygens (including phenoxy) is 3. The van der Waals surface area contributed by atoms with Crippen LogP contribution in [0.15, 0.2) is 48.6 Å². The first kappa shape index (κ1) is 51.4. The van der Waals surface area contributed by atoms with Gasteiger partial charge in [-0.3, -0.25) is 14.4 Å². The Morgan fingerprint density at radius 1 is 0.389 bits per heavy atom. The van der Waals surface area contributed by atoms with Gasteiger partial charge in [0.2, 0.25) is 0 Å². The summed E-state index contributed by atoms with van der Waals surface area (Å²) in [6.07, 6.45) is 49.7. The summed E-state index contributed by atoms with van der Waals surface area (Å²) in [6, 6.07) is 0. The van der Waals surface area contributed by atoms with Gasteiger partial charge in [0, 0.05) is 19.3 Å². The number of esters is 3. The van der Waals surface area contributed by atoms with Gasteiger partial charge in [0.15, 0.2) is 6.10 Å². The largest absolute Gasteiger partial charge is 0.462 e. The third-order valence-electron chi connectivity index (χ3n) is 9.57. The van der Waals surface area contributed by atoms with Gasteiger partial charge in [-0.2, -0.15) is 0 Å². The molecular formula is C48H84O6. The van der Waals surface area contributed by atoms with Gasteiger partial charge in [0.1, 0.15) is 13.2 Å². The van der Waals surface area contributed by atoms with Gasteiger partial charge in [-0.05, 0) is 64.2 Å². The molecular weight excluding hydrogens is 673 g/mol. The SMILES string of the molecule is CC/C=C\C/C=C\C/C=C\CCCC(=O)OC(COC(=O)CCC/C=C\CCCCCC)COC(=O)CCCCCCCCCCCCCCCCCC. The van der Waals surface area contributed by atoms with Crippen LogP contribution in [0.3, 0.4) is 0 Å². The highest BCUT2D eigenvalue weighted by Gasteiger charge is 2.19. The monoisotopic (exact) mass is 757 g/mol. The summed E-state index contributed by atoms with van der Waals surface area (Å²) in [4.78, 5) is 37.6. The third-order valence-corrected chi connectivity index (χ3v) is 9.57. The van der Waals surface area contributed by atoms with E-state index in [0.717, 1.165) is 57.8 Å². The van der Waals surface area contributed by atoms with Crippen molar-refractivity contribution in [2.24, 2.45) is 0 Å². The number of unbranched alkanes of at least 4 members (excludes halogenated alkanes) is 21. The predicted octanol–water partition coefficient (Wildman–Crippen LogP) is 14.4. The van der Waals surface area contributed by atoms with Crippen molar-refractivity contribution in [3.8, 4) is 0 Å². The summed E-state index contributed by atoms with van der Waals surface area (Å²) >= 11 is 0. The molecule has 0 heterocycles. The predicted molar refractivity (Wildman–Crippen MR) is 229 cm³/mol. The van der Waals surface area contributed by atoms with E-state index in [4.69, 9.17) is 14.2 Å². The van der Waals surface area contributed by atoms with E-state index in [-0.39, 0.29) is 37.5 Å². The van der Waals surface area contributed by atoms with Crippen LogP contribution < -0.4 is 0 Å². The first-order valence-corrected chi connectivity index (χ1v) is 22.6. The average molecular weight is 757 g/mol. The Morgan fingerprint density at radius 2 is 0.741 bits per heavy atom. The van der Waals surface area contributed by atoms with Crippen LogP contribution in [-0.4, -0.2) is 37.2 Å². The molecule has 0 saturated heterocycles. The lowest BCUT2D eigenvalue weighted by atomic mass is 10.0. The van der Waals surface area contributed by atoms with Crippen molar-refractivity contribution in [1.29, 1.82) is 0 Å². The Kier molecular flexibility index (Phi) is 41.0. The zero-order valence-corrected chi connectivity index (χ0v) is 35.5. The second-order valence-corrected chi connectivity index (χ2v) is 14.9. The maximum absolute atomic E-state index is 12.6. The lowest BCUT2D eigenvalue weighted by Crippen LogP contribution is -2.30. The summed E-state index contributed by atoms with van der Waals surface area (Å²) in [6.45, 7) is 6.41. The van der Waals surface area contributed by atoms with Crippen molar-refractivity contribution in [2.45, 2.75) is 226 Å². The number of hydrogen-bond acceptors (Lipinski definition) is 6. The highest BCUT2D eigenvalue weighted by molar-refractivity contribution is 5.71. The molecule has 6 nitrogen and oxygen atoms in total. The quantitative estimate of drug-likeness (QED) is 0.0268. The summed E-state index contributed by atoms with van der Waals surface area (Å²) in [5, 5.41) is 0. The fourth-order valence-corrected chi connectivity index (χ4v) is 6.17. The van der Waals surface area contributed by atoms with Crippen molar-refractivity contribution >= 4 is 17.9 Å². The van der Waals surface area contributed by atoms with Crippen molar-refractivity contribution in [2.75, 3.05) is 13.2 Å². The molecule has 0 aromatic rings. The first-order chi connectivity index (χ1) is 26.5. The van der Waals surface area contributed by atoms with Crippen molar-refractivity contribution in [3.63, 3.8) is 0 Å². The molecule has 0 spiro atoms. The second kappa shape index (κ2) is 43.1. The van der Waals surface area contributed by atoms with Crippen molar-refractivity contribution < 1.29 is 28.6 Å². The molecule has 0 aromatic heterocycles. The number of hydrogen-bond donors (Lipinski definition) is 0. The van der Waals surface area contributed by atoms with Crippen LogP contribution in [0.4, 0.5) is 0 Å². The second-order valence-electron chi connectivity index (χ2n) is 14.9. The molecule has 54 heavy (non-hydrogen) atoms. The summed E-state index contributed by atoms with van der Waals surface area (Å²) in [5.41, 5.74) is 0. The molecule has 0 radical (unpaired) electrons. The van der Waals surface area contributed by atoms with E-state index in [1.807, 2.05) is 0 Å². The molecule has 1 atom stereocenters. The van der Waals surface area contributed by atoms with Crippen molar-refractivity contribution in [1.82, 2.24) is 0 Å². The fourth-order valence-electron chi connectivity index (χ4n) is 6.17. The average Bonchev–Trinajstić information content (AvgIpc) is 3.17. The molecule has 312 valence electrons. The molecule has 0 saturated carbocycles. The molecule has 1 unspecified atom stereocenters. The first-order valence-electron chi connectivity index (χ1n) is 22.6. The molecule has 0 aliphatic rings. The Morgan fingerprint density at radius 3 is 1.22 bits per heavy atom. The van der Waals surface area contributed by atoms with Crippen LogP contribution in [0.5, 0.6) is 0 Å². The number of carbonyl (C=O) groups excluding carboxylic acids is 3. The van der Waals surface area contributed by atoms with Crippen LogP contribution in [0.2, 0.25) is 0 Å². The maximum atomic E-state index is 12.6. The summed E-state index contributed by atoms with van der Waals surface area (Å²) in [7, 11) is 0. The minimum absolute atomic E-state index is 0.100. The molecule has 0 bridgehead atoms. The zero-order valence-electron chi connectivity index (χ0n) is 35.5. The maximum Gasteiger partial charge on any atom is 0.306 e. The normalized spacial score (nSPS) is 12.4. The molecule has 0 aromatic carbocycles. The standard InChI is InChI=1S/C48H84O6/c1-4-7-10-13-16-19-21-22-23-24-25-27-29-32-35-38-41-47(50)53-44-45(43-52-46(49)40-37-34-31-28-18-15-12-9-6-3)54-48(51)42-39-36-33-30-26-20-17-14-11-8-5-2/h8,11,17,20,28,30-31,33,45H,4-7,9-10,12-16,18-19,21-27,29,32,34-44H2,1-3H3/b11-8-,20-17-,31-28-,33-30-. The Labute approximate surface area is 333 Å². The van der Waals surface area contributed by atoms with Gasteiger partial charge < -0.3 is 14.2 Å². The molecule has 6 heteroatoms. The van der Waals surface area contributed by atoms with Crippen LogP contribution in [0.25, 0.3) is 0 Å². The van der Waals surface area contributed by atoms with Crippen LogP contribution in [-0.2, 0) is 28.6 Å². The Hall–Kier alpha value is -2.63. The van der Waals surface area contributed by atoms with Crippen LogP contribution in [0.1, 0.15) is 220 Å². The van der Waals surface area contributed by atoms with Gasteiger partial charge in [-0.15, -0.1) is 0 Å². The summed E-state index contributed by atoms with van der Waals surface area (Å²) < 4.78 is 16.6. The van der Waals surface area contributed by atoms with Gasteiger partial charge in [0.25, 0.3) is 0 Å². The van der Waals surface area contributed by atoms with Gasteiger partial charge in [-0.25, -0.2) is 0 Å². The zero-order chi connectivity index (χ0) is 39.4. The fraction of sp³-hybridized carbons (Fsp3) is 0.771. The van der Waals surface area contributed by atoms with E-state index >= 15 is 0 Å². The van der Waals surface area contributed by atoms with Crippen LogP contribution in [0, 0.1) is 0 Å². The van der Waals surface area contributed by atoms with E-state index < -0.39 is 6.10 Å². The van der Waals surface area contributed by atoms with Gasteiger partial charge in [-0.1, -0.05) is 185 Å². The van der Waals surface area contributed by atoms with E-state index in [1.165, 1.54) is 109 Å². The van der Waals surface area contributed by atoms with Crippen molar-refractivity contribution in [3.05, 3.63) is 48.6 Å². The Bertz CT molecular complexity index is 964. The number of rotatable bonds is 40. The number of carbonyl (C=O) groups is 3. The molecule has 0 rings (SSSR count). The number of allylic oxidation sites excluding steroid dienone is 8. The molecule has 0 aliphatic heterocycles. The lowest BCUT2D eigenvalue weighted by molar-refractivity contribution is -0.167. The minimum atomic E-state index is -0.804. The molecule has 0 N–H and O–H groups in total. The molecule has 0 amide bonds. The van der Waals surface area contributed by atoms with E-state index in [9.17, 15) is 14.4 Å². The molecule has 0 aliphatic carbocycles. The topological polar surface area (TPSA) is 78.9 Å². The highest BCUT2D eigenvalue weighted by Crippen LogP contribution is 2.15. The van der Waals surface area contributed by atoms with E-state index in [2.05, 4.69) is 69.4 Å². The van der Waals surface area contributed by atoms with E-state index in [0.29, 0.717) is 25.7 Å². The summed E-state index contributed by atoms with van der Waals surface area (Å²) in [5.74, 6) is -0.993. The minimum Gasteiger partial charge on any atom is -0.462 e. The van der Waals surface area contributed by atoms with Gasteiger partial charge >= 0.3 is 17.9 Å². The highest BCUT2D eigenvalue weighted by atomic mass is 16.6. The lowest BCUT2D eigenvalue weighted by Gasteiger charge is -2.18. The smallest absolute Gasteiger partial charge is 0.306 e. The Balaban J connectivity index is 4.37. The van der Waals surface area contributed by atoms with Gasteiger partial charge in [0.05, 0.1) is 0 Å². The third kappa shape index (κ3) is 40.6. The van der Waals surface area contributed by atoms with Crippen LogP contribution >= 0.6 is 0 Å².